The summed E-state index contributed by atoms with van der Waals surface area (Å²) in [4.78, 5) is 1.19. The smallest absolute Gasteiger partial charge is 0.422 e. The van der Waals surface area contributed by atoms with Gasteiger partial charge in [-0.3, -0.25) is 0 Å². The molecule has 0 aromatic heterocycles. The van der Waals surface area contributed by atoms with E-state index >= 15 is 0 Å². The molecule has 0 amide bonds. The first-order valence-electron chi connectivity index (χ1n) is 8.37. The van der Waals surface area contributed by atoms with Gasteiger partial charge in [-0.15, -0.1) is 0 Å². The van der Waals surface area contributed by atoms with Crippen molar-refractivity contribution in [1.82, 2.24) is 4.90 Å². The van der Waals surface area contributed by atoms with Crippen LogP contribution in [0.15, 0.2) is 66.6 Å². The van der Waals surface area contributed by atoms with Crippen LogP contribution in [0.4, 0.5) is 26.3 Å². The van der Waals surface area contributed by atoms with Gasteiger partial charge in [0.05, 0.1) is 17.0 Å². The quantitative estimate of drug-likeness (QED) is 0.565. The third-order valence-electron chi connectivity index (χ3n) is 4.28. The highest BCUT2D eigenvalue weighted by Gasteiger charge is 2.31. The fourth-order valence-corrected chi connectivity index (χ4v) is 2.92. The van der Waals surface area contributed by atoms with Crippen molar-refractivity contribution in [2.45, 2.75) is 6.18 Å². The summed E-state index contributed by atoms with van der Waals surface area (Å²) in [6.07, 6.45) is -3.54. The van der Waals surface area contributed by atoms with Gasteiger partial charge < -0.3 is 9.64 Å². The van der Waals surface area contributed by atoms with E-state index in [0.29, 0.717) is 17.7 Å². The zero-order valence-electron chi connectivity index (χ0n) is 15.2. The molecule has 0 N–H and O–H groups in total. The average molecular weight is 411 g/mol. The Morgan fingerprint density at radius 1 is 1.00 bits per heavy atom. The molecule has 0 bridgehead atoms. The van der Waals surface area contributed by atoms with E-state index in [0.717, 1.165) is 6.08 Å². The molecule has 2 nitrogen and oxygen atoms in total. The van der Waals surface area contributed by atoms with E-state index in [1.54, 1.807) is 30.3 Å². The van der Waals surface area contributed by atoms with Gasteiger partial charge in [0.2, 0.25) is 0 Å². The molecule has 3 rings (SSSR count). The van der Waals surface area contributed by atoms with Crippen molar-refractivity contribution in [1.29, 1.82) is 0 Å². The average Bonchev–Trinajstić information content (AvgIpc) is 2.65. The predicted molar refractivity (Wildman–Crippen MR) is 97.3 cm³/mol. The van der Waals surface area contributed by atoms with Gasteiger partial charge in [0.1, 0.15) is 23.2 Å². The summed E-state index contributed by atoms with van der Waals surface area (Å²) < 4.78 is 85.2. The number of alkyl halides is 3. The maximum atomic E-state index is 14.8. The first kappa shape index (κ1) is 20.6. The monoisotopic (exact) mass is 411 g/mol. The number of rotatable bonds is 4. The molecule has 0 fully saturated rings. The van der Waals surface area contributed by atoms with Crippen LogP contribution in [0.25, 0.3) is 11.3 Å². The summed E-state index contributed by atoms with van der Waals surface area (Å²) in [5.41, 5.74) is 0.0272. The molecule has 0 radical (unpaired) electrons. The van der Waals surface area contributed by atoms with Gasteiger partial charge in [0, 0.05) is 24.8 Å². The van der Waals surface area contributed by atoms with Gasteiger partial charge in [-0.1, -0.05) is 36.9 Å². The largest absolute Gasteiger partial charge is 0.484 e. The SMILES string of the molecule is C=C1C(F)=CC(c2ccccc2)=C(c2c(F)cc(OCC(F)(F)F)cc2F)N1C. The van der Waals surface area contributed by atoms with E-state index in [2.05, 4.69) is 11.3 Å². The Balaban J connectivity index is 2.16. The molecule has 1 aliphatic rings. The summed E-state index contributed by atoms with van der Waals surface area (Å²) in [6.45, 7) is 1.88. The summed E-state index contributed by atoms with van der Waals surface area (Å²) in [6, 6.07) is 9.67. The Bertz CT molecular complexity index is 985. The number of nitrogens with zero attached hydrogens (tertiary/aromatic N) is 1. The Kier molecular flexibility index (Phi) is 5.46. The maximum absolute atomic E-state index is 14.8. The number of benzene rings is 2. The van der Waals surface area contributed by atoms with Gasteiger partial charge in [0.15, 0.2) is 6.61 Å². The lowest BCUT2D eigenvalue weighted by molar-refractivity contribution is -0.153. The molecule has 1 aliphatic heterocycles. The first-order valence-corrected chi connectivity index (χ1v) is 8.37. The number of allylic oxidation sites excluding steroid dienone is 3. The Morgan fingerprint density at radius 3 is 2.14 bits per heavy atom. The zero-order chi connectivity index (χ0) is 21.3. The molecule has 0 saturated heterocycles. The van der Waals surface area contributed by atoms with E-state index in [1.165, 1.54) is 11.9 Å². The molecule has 0 unspecified atom stereocenters. The third kappa shape index (κ3) is 4.31. The standard InChI is InChI=1S/C21H15F6NO/c1-12-16(22)10-15(13-6-4-3-5-7-13)20(28(12)2)19-17(23)8-14(9-18(19)24)29-11-21(25,26)27/h3-10H,1,11H2,2H3. The number of ether oxygens (including phenoxy) is 1. The minimum absolute atomic E-state index is 0.0139. The van der Waals surface area contributed by atoms with Gasteiger partial charge in [-0.25, -0.2) is 13.2 Å². The Labute approximate surface area is 163 Å². The van der Waals surface area contributed by atoms with Crippen LogP contribution in [-0.2, 0) is 0 Å². The van der Waals surface area contributed by atoms with Crippen LogP contribution in [0.5, 0.6) is 5.75 Å². The van der Waals surface area contributed by atoms with Crippen molar-refractivity contribution < 1.29 is 31.1 Å². The molecule has 0 aliphatic carbocycles. The van der Waals surface area contributed by atoms with Crippen LogP contribution in [0.3, 0.4) is 0 Å². The maximum Gasteiger partial charge on any atom is 0.422 e. The molecule has 2 aromatic rings. The molecule has 1 heterocycles. The van der Waals surface area contributed by atoms with E-state index in [1.807, 2.05) is 0 Å². The number of likely N-dealkylation sites (N-methyl/N-ethyl adjacent to an activating group) is 1. The topological polar surface area (TPSA) is 12.5 Å². The lowest BCUT2D eigenvalue weighted by Gasteiger charge is -2.31. The number of halogens is 6. The van der Waals surface area contributed by atoms with Crippen molar-refractivity contribution >= 4 is 11.3 Å². The molecule has 2 aromatic carbocycles. The highest BCUT2D eigenvalue weighted by atomic mass is 19.4. The number of hydrogen-bond donors (Lipinski definition) is 0. The molecule has 8 heteroatoms. The van der Waals surface area contributed by atoms with Crippen molar-refractivity contribution in [3.63, 3.8) is 0 Å². The normalized spacial score (nSPS) is 14.9. The van der Waals surface area contributed by atoms with Crippen LogP contribution < -0.4 is 4.74 Å². The van der Waals surface area contributed by atoms with Crippen LogP contribution in [0.1, 0.15) is 11.1 Å². The van der Waals surface area contributed by atoms with Crippen LogP contribution in [-0.4, -0.2) is 24.7 Å². The minimum Gasteiger partial charge on any atom is -0.484 e. The Morgan fingerprint density at radius 2 is 1.59 bits per heavy atom. The molecular weight excluding hydrogens is 396 g/mol. The van der Waals surface area contributed by atoms with Crippen molar-refractivity contribution in [3.8, 4) is 5.75 Å². The minimum atomic E-state index is -4.65. The van der Waals surface area contributed by atoms with E-state index in [-0.39, 0.29) is 17.0 Å². The highest BCUT2D eigenvalue weighted by molar-refractivity contribution is 5.97. The van der Waals surface area contributed by atoms with Crippen LogP contribution >= 0.6 is 0 Å². The van der Waals surface area contributed by atoms with E-state index in [4.69, 9.17) is 0 Å². The molecule has 29 heavy (non-hydrogen) atoms. The Hall–Kier alpha value is -3.16. The first-order chi connectivity index (χ1) is 13.6. The van der Waals surface area contributed by atoms with E-state index in [9.17, 15) is 26.3 Å². The van der Waals surface area contributed by atoms with Gasteiger partial charge in [0.25, 0.3) is 0 Å². The molecule has 0 saturated carbocycles. The van der Waals surface area contributed by atoms with Gasteiger partial charge >= 0.3 is 6.18 Å². The molecular formula is C21H15F6NO. The number of hydrogen-bond acceptors (Lipinski definition) is 2. The second kappa shape index (κ2) is 7.69. The zero-order valence-corrected chi connectivity index (χ0v) is 15.2. The van der Waals surface area contributed by atoms with Crippen molar-refractivity contribution in [2.24, 2.45) is 0 Å². The highest BCUT2D eigenvalue weighted by Crippen LogP contribution is 2.41. The summed E-state index contributed by atoms with van der Waals surface area (Å²) in [5.74, 6) is -3.59. The van der Waals surface area contributed by atoms with Crippen molar-refractivity contribution in [2.75, 3.05) is 13.7 Å². The van der Waals surface area contributed by atoms with Crippen molar-refractivity contribution in [3.05, 3.63) is 89.4 Å². The van der Waals surface area contributed by atoms with Crippen LogP contribution in [0, 0.1) is 11.6 Å². The summed E-state index contributed by atoms with van der Waals surface area (Å²) in [7, 11) is 1.39. The lowest BCUT2D eigenvalue weighted by atomic mass is 9.94. The summed E-state index contributed by atoms with van der Waals surface area (Å²) in [5, 5.41) is 0. The van der Waals surface area contributed by atoms with Crippen LogP contribution in [0.2, 0.25) is 0 Å². The molecule has 152 valence electrons. The lowest BCUT2D eigenvalue weighted by Crippen LogP contribution is -2.22. The van der Waals surface area contributed by atoms with E-state index < -0.39 is 41.6 Å². The van der Waals surface area contributed by atoms with Gasteiger partial charge in [-0.05, 0) is 11.6 Å². The fraction of sp³-hybridized carbons (Fsp3) is 0.143. The molecule has 0 spiro atoms. The second-order valence-corrected chi connectivity index (χ2v) is 6.29. The predicted octanol–water partition coefficient (Wildman–Crippen LogP) is 6.09. The third-order valence-corrected chi connectivity index (χ3v) is 4.28. The van der Waals surface area contributed by atoms with Gasteiger partial charge in [-0.2, -0.15) is 13.2 Å². The molecule has 0 atom stereocenters. The summed E-state index contributed by atoms with van der Waals surface area (Å²) >= 11 is 0. The second-order valence-electron chi connectivity index (χ2n) is 6.29. The fourth-order valence-electron chi connectivity index (χ4n) is 2.92.